The molecule has 9 nitrogen and oxygen atoms in total. The van der Waals surface area contributed by atoms with Gasteiger partial charge in [-0.15, -0.1) is 0 Å². The summed E-state index contributed by atoms with van der Waals surface area (Å²) in [6, 6.07) is 0. The summed E-state index contributed by atoms with van der Waals surface area (Å²) in [5.41, 5.74) is 0. The quantitative estimate of drug-likeness (QED) is 0.0211. The molecule has 0 saturated heterocycles. The predicted molar refractivity (Wildman–Crippen MR) is 381 cm³/mol. The fourth-order valence-corrected chi connectivity index (χ4v) is 11.9. The SMILES string of the molecule is CCCCCCC/C=C\C/C=C\C/C=C\CCCCCCCCCCCCCCCCCCC(=O)OC(COC(=O)CCCCCCCCCCCCCCCCCCCCCCC/C=C\C/C=C\CCCCCCC)COP(=O)(O)OCC[N+](C)(C)C. The van der Waals surface area contributed by atoms with Gasteiger partial charge in [-0.05, 0) is 83.5 Å². The summed E-state index contributed by atoms with van der Waals surface area (Å²) in [6.45, 7) is 4.47. The summed E-state index contributed by atoms with van der Waals surface area (Å²) in [5.74, 6) is -0.778. The zero-order valence-electron chi connectivity index (χ0n) is 59.0. The highest BCUT2D eigenvalue weighted by Crippen LogP contribution is 2.43. The van der Waals surface area contributed by atoms with Gasteiger partial charge in [-0.25, -0.2) is 4.57 Å². The summed E-state index contributed by atoms with van der Waals surface area (Å²) in [4.78, 5) is 35.9. The lowest BCUT2D eigenvalue weighted by Crippen LogP contribution is -2.37. The first-order valence-corrected chi connectivity index (χ1v) is 39.5. The summed E-state index contributed by atoms with van der Waals surface area (Å²) in [6.07, 6.45) is 92.0. The minimum atomic E-state index is -4.39. The lowest BCUT2D eigenvalue weighted by Gasteiger charge is -2.24. The van der Waals surface area contributed by atoms with E-state index in [4.69, 9.17) is 18.5 Å². The highest BCUT2D eigenvalue weighted by atomic mass is 31.2. The summed E-state index contributed by atoms with van der Waals surface area (Å²) >= 11 is 0. The van der Waals surface area contributed by atoms with Gasteiger partial charge in [-0.3, -0.25) is 18.6 Å². The van der Waals surface area contributed by atoms with Crippen molar-refractivity contribution in [2.45, 2.75) is 380 Å². The number of hydrogen-bond acceptors (Lipinski definition) is 7. The number of quaternary nitrogens is 1. The van der Waals surface area contributed by atoms with E-state index >= 15 is 0 Å². The molecule has 0 radical (unpaired) electrons. The molecule has 0 spiro atoms. The van der Waals surface area contributed by atoms with E-state index in [0.717, 1.165) is 51.4 Å². The van der Waals surface area contributed by atoms with Crippen LogP contribution >= 0.6 is 7.82 Å². The number of nitrogens with zero attached hydrogens (tertiary/aromatic N) is 1. The number of phosphoric ester groups is 1. The molecule has 1 N–H and O–H groups in total. The fourth-order valence-electron chi connectivity index (χ4n) is 11.2. The Hall–Kier alpha value is -2.29. The van der Waals surface area contributed by atoms with Gasteiger partial charge in [-0.1, -0.05) is 338 Å². The number of likely N-dealkylation sites (N-methyl/N-ethyl adjacent to an activating group) is 1. The van der Waals surface area contributed by atoms with Crippen LogP contribution in [-0.2, 0) is 32.7 Å². The second-order valence-electron chi connectivity index (χ2n) is 27.0. The monoisotopic (exact) mass is 1260 g/mol. The van der Waals surface area contributed by atoms with E-state index < -0.39 is 26.5 Å². The molecule has 0 saturated carbocycles. The molecule has 88 heavy (non-hydrogen) atoms. The van der Waals surface area contributed by atoms with E-state index in [1.54, 1.807) is 0 Å². The Labute approximate surface area is 546 Å². The first kappa shape index (κ1) is 85.7. The van der Waals surface area contributed by atoms with Gasteiger partial charge in [0.05, 0.1) is 27.7 Å². The van der Waals surface area contributed by atoms with Crippen LogP contribution in [0, 0.1) is 0 Å². The average Bonchev–Trinajstić information content (AvgIpc) is 3.68. The fraction of sp³-hybridized carbons (Fsp3) is 0.846. The third-order valence-corrected chi connectivity index (χ3v) is 18.0. The van der Waals surface area contributed by atoms with Crippen LogP contribution in [0.2, 0.25) is 0 Å². The maximum Gasteiger partial charge on any atom is 0.472 e. The van der Waals surface area contributed by atoms with E-state index in [0.29, 0.717) is 23.9 Å². The van der Waals surface area contributed by atoms with Gasteiger partial charge in [0.1, 0.15) is 19.8 Å². The molecule has 2 unspecified atom stereocenters. The molecule has 0 aliphatic carbocycles. The first-order valence-electron chi connectivity index (χ1n) is 38.0. The van der Waals surface area contributed by atoms with Crippen molar-refractivity contribution in [3.05, 3.63) is 60.8 Å². The average molecular weight is 1260 g/mol. The van der Waals surface area contributed by atoms with E-state index in [2.05, 4.69) is 74.6 Å². The normalized spacial score (nSPS) is 13.4. The third-order valence-electron chi connectivity index (χ3n) is 17.0. The molecule has 0 amide bonds. The van der Waals surface area contributed by atoms with Crippen molar-refractivity contribution in [1.29, 1.82) is 0 Å². The highest BCUT2D eigenvalue weighted by molar-refractivity contribution is 7.47. The van der Waals surface area contributed by atoms with Crippen molar-refractivity contribution >= 4 is 19.8 Å². The van der Waals surface area contributed by atoms with Crippen molar-refractivity contribution in [1.82, 2.24) is 0 Å². The van der Waals surface area contributed by atoms with Crippen LogP contribution in [0.3, 0.4) is 0 Å². The van der Waals surface area contributed by atoms with Gasteiger partial charge in [0, 0.05) is 12.8 Å². The van der Waals surface area contributed by atoms with Crippen molar-refractivity contribution in [2.24, 2.45) is 0 Å². The molecule has 0 rings (SSSR count). The molecule has 0 fully saturated rings. The molecule has 0 aliphatic rings. The Morgan fingerprint density at radius 3 is 0.909 bits per heavy atom. The largest absolute Gasteiger partial charge is 0.472 e. The third kappa shape index (κ3) is 72.8. The lowest BCUT2D eigenvalue weighted by atomic mass is 10.0. The Morgan fingerprint density at radius 1 is 0.352 bits per heavy atom. The number of allylic oxidation sites excluding steroid dienone is 10. The number of ether oxygens (including phenoxy) is 2. The van der Waals surface area contributed by atoms with Crippen LogP contribution in [0.5, 0.6) is 0 Å². The molecule has 10 heteroatoms. The molecule has 0 aromatic carbocycles. The van der Waals surface area contributed by atoms with E-state index in [-0.39, 0.29) is 25.6 Å². The van der Waals surface area contributed by atoms with Crippen LogP contribution in [0.4, 0.5) is 0 Å². The van der Waals surface area contributed by atoms with Crippen LogP contribution in [0.25, 0.3) is 0 Å². The van der Waals surface area contributed by atoms with Gasteiger partial charge in [-0.2, -0.15) is 0 Å². The van der Waals surface area contributed by atoms with Crippen molar-refractivity contribution in [3.8, 4) is 0 Å². The van der Waals surface area contributed by atoms with E-state index in [1.165, 1.54) is 289 Å². The van der Waals surface area contributed by atoms with E-state index in [1.807, 2.05) is 21.1 Å². The first-order chi connectivity index (χ1) is 43.0. The van der Waals surface area contributed by atoms with Crippen molar-refractivity contribution in [3.63, 3.8) is 0 Å². The predicted octanol–water partition coefficient (Wildman–Crippen LogP) is 24.9. The van der Waals surface area contributed by atoms with E-state index in [9.17, 15) is 19.0 Å². The Kier molecular flexibility index (Phi) is 67.3. The number of phosphoric acid groups is 1. The molecule has 516 valence electrons. The number of rotatable bonds is 71. The Bertz CT molecular complexity index is 1670. The smallest absolute Gasteiger partial charge is 0.462 e. The Balaban J connectivity index is 3.96. The van der Waals surface area contributed by atoms with Crippen molar-refractivity contribution in [2.75, 3.05) is 47.5 Å². The summed E-state index contributed by atoms with van der Waals surface area (Å²) in [5, 5.41) is 0. The summed E-state index contributed by atoms with van der Waals surface area (Å²) < 4.78 is 34.8. The molecule has 0 heterocycles. The standard InChI is InChI=1S/C78H146NO8P/c1-6-8-10-12-14-16-18-20-22-24-26-28-30-32-34-36-38-39-41-42-44-46-48-50-52-54-56-58-60-62-64-66-68-70-77(80)84-74-76(75-86-88(82,83)85-73-72-79(3,4)5)87-78(81)71-69-67-65-63-61-59-57-55-53-51-49-47-45-43-40-37-35-33-31-29-27-25-23-21-19-17-15-13-11-9-7-2/h18-21,24-27,31,33,76H,6-17,22-23,28-30,32,34-75H2,1-5H3/p+1/b20-18-,21-19-,26-24-,27-25-,33-31-. The van der Waals surface area contributed by atoms with Crippen LogP contribution in [-0.4, -0.2) is 74.9 Å². The maximum absolute atomic E-state index is 12.9. The van der Waals surface area contributed by atoms with Crippen LogP contribution in [0.1, 0.15) is 373 Å². The van der Waals surface area contributed by atoms with Gasteiger partial charge in [0.25, 0.3) is 0 Å². The molecule has 2 atom stereocenters. The molecule has 0 aromatic rings. The number of unbranched alkanes of at least 4 members (excludes halogenated alkanes) is 47. The highest BCUT2D eigenvalue weighted by Gasteiger charge is 2.27. The maximum atomic E-state index is 12.9. The van der Waals surface area contributed by atoms with Gasteiger partial charge < -0.3 is 18.9 Å². The number of esters is 2. The molecule has 0 aromatic heterocycles. The van der Waals surface area contributed by atoms with Crippen LogP contribution < -0.4 is 0 Å². The molecule has 0 aliphatic heterocycles. The van der Waals surface area contributed by atoms with Gasteiger partial charge >= 0.3 is 19.8 Å². The van der Waals surface area contributed by atoms with Gasteiger partial charge in [0.2, 0.25) is 0 Å². The lowest BCUT2D eigenvalue weighted by molar-refractivity contribution is -0.870. The zero-order chi connectivity index (χ0) is 64.1. The van der Waals surface area contributed by atoms with Crippen LogP contribution in [0.15, 0.2) is 60.8 Å². The minimum absolute atomic E-state index is 0.0329. The Morgan fingerprint density at radius 2 is 0.614 bits per heavy atom. The zero-order valence-corrected chi connectivity index (χ0v) is 59.9. The van der Waals surface area contributed by atoms with Gasteiger partial charge in [0.15, 0.2) is 6.10 Å². The summed E-state index contributed by atoms with van der Waals surface area (Å²) in [7, 11) is 1.49. The molecule has 0 bridgehead atoms. The van der Waals surface area contributed by atoms with Crippen molar-refractivity contribution < 1.29 is 42.1 Å². The molecular formula is C78H147NO8P+. The minimum Gasteiger partial charge on any atom is -0.462 e. The number of hydrogen-bond donors (Lipinski definition) is 1. The number of carbonyl (C=O) groups excluding carboxylic acids is 2. The number of carbonyl (C=O) groups is 2. The topological polar surface area (TPSA) is 108 Å². The second-order valence-corrected chi connectivity index (χ2v) is 28.5. The molecular weight excluding hydrogens is 1110 g/mol. The second kappa shape index (κ2) is 69.1.